The zero-order valence-electron chi connectivity index (χ0n) is 16.6. The molecule has 5 rings (SSSR count). The van der Waals surface area contributed by atoms with E-state index in [2.05, 4.69) is 11.1 Å². The lowest BCUT2D eigenvalue weighted by Crippen LogP contribution is -2.43. The fraction of sp³-hybridized carbons (Fsp3) is 0.217. The van der Waals surface area contributed by atoms with Gasteiger partial charge >= 0.3 is 11.9 Å². The van der Waals surface area contributed by atoms with Crippen LogP contribution in [0, 0.1) is 11.3 Å². The minimum absolute atomic E-state index is 0.00895. The van der Waals surface area contributed by atoms with Crippen LogP contribution in [0.2, 0.25) is 0 Å². The fourth-order valence-corrected chi connectivity index (χ4v) is 4.21. The first kappa shape index (κ1) is 20.0. The van der Waals surface area contributed by atoms with E-state index >= 15 is 0 Å². The number of nitrogens with zero attached hydrogens (tertiary/aromatic N) is 4. The van der Waals surface area contributed by atoms with E-state index in [1.54, 1.807) is 30.5 Å². The van der Waals surface area contributed by atoms with Crippen LogP contribution in [0.1, 0.15) is 24.8 Å². The molecule has 32 heavy (non-hydrogen) atoms. The smallest absolute Gasteiger partial charge is 0.286 e. The predicted octanol–water partition coefficient (Wildman–Crippen LogP) is 4.12. The maximum Gasteiger partial charge on any atom is 0.416 e. The van der Waals surface area contributed by atoms with Crippen molar-refractivity contribution in [2.24, 2.45) is 0 Å². The van der Waals surface area contributed by atoms with Gasteiger partial charge in [-0.3, -0.25) is 14.3 Å². The van der Waals surface area contributed by atoms with Crippen LogP contribution >= 0.6 is 0 Å². The Morgan fingerprint density at radius 1 is 1.06 bits per heavy atom. The number of alkyl halides is 3. The van der Waals surface area contributed by atoms with Crippen molar-refractivity contribution in [2.45, 2.75) is 31.0 Å². The molecule has 2 aromatic heterocycles. The van der Waals surface area contributed by atoms with Gasteiger partial charge in [-0.1, -0.05) is 24.3 Å². The molecule has 0 bridgehead atoms. The summed E-state index contributed by atoms with van der Waals surface area (Å²) in [5.74, 6) is 0. The molecule has 0 amide bonds. The number of aromatic nitrogens is 3. The maximum absolute atomic E-state index is 13.7. The molecule has 0 atom stereocenters. The lowest BCUT2D eigenvalue weighted by Gasteiger charge is -2.21. The van der Waals surface area contributed by atoms with Gasteiger partial charge in [-0.05, 0) is 31.0 Å². The summed E-state index contributed by atoms with van der Waals surface area (Å²) >= 11 is 0. The summed E-state index contributed by atoms with van der Waals surface area (Å²) in [6.07, 6.45) is -0.695. The summed E-state index contributed by atoms with van der Waals surface area (Å²) in [6.45, 7) is 0. The largest absolute Gasteiger partial charge is 0.416 e. The zero-order valence-corrected chi connectivity index (χ0v) is 16.6. The number of nitriles is 1. The Morgan fingerprint density at radius 3 is 2.50 bits per heavy atom. The first-order valence-corrected chi connectivity index (χ1v) is 9.86. The lowest BCUT2D eigenvalue weighted by atomic mass is 10.1. The highest BCUT2D eigenvalue weighted by atomic mass is 19.4. The summed E-state index contributed by atoms with van der Waals surface area (Å²) in [5, 5.41) is 10.3. The second-order valence-corrected chi connectivity index (χ2v) is 7.93. The highest BCUT2D eigenvalue weighted by Gasteiger charge is 2.47. The quantitative estimate of drug-likeness (QED) is 0.484. The van der Waals surface area contributed by atoms with Gasteiger partial charge in [0.05, 0.1) is 46.4 Å². The lowest BCUT2D eigenvalue weighted by molar-refractivity contribution is -0.137. The number of benzene rings is 2. The Morgan fingerprint density at radius 2 is 1.81 bits per heavy atom. The van der Waals surface area contributed by atoms with Gasteiger partial charge in [0.15, 0.2) is 0 Å². The third-order valence-electron chi connectivity index (χ3n) is 5.98. The highest BCUT2D eigenvalue weighted by molar-refractivity contribution is 5.89. The number of hydrogen-bond donors (Lipinski definition) is 0. The summed E-state index contributed by atoms with van der Waals surface area (Å²) < 4.78 is 42.4. The normalized spacial score (nSPS) is 15.1. The topological polar surface area (TPSA) is 80.7 Å². The Labute approximate surface area is 178 Å². The molecule has 0 unspecified atom stereocenters. The van der Waals surface area contributed by atoms with Gasteiger partial charge in [-0.2, -0.15) is 18.4 Å². The highest BCUT2D eigenvalue weighted by Crippen LogP contribution is 2.46. The Kier molecular flexibility index (Phi) is 4.24. The average molecular weight is 436 g/mol. The number of hydrogen-bond acceptors (Lipinski definition) is 4. The number of rotatable bonds is 3. The first-order valence-electron chi connectivity index (χ1n) is 9.86. The molecule has 9 heteroatoms. The van der Waals surface area contributed by atoms with Crippen molar-refractivity contribution in [3.63, 3.8) is 0 Å². The summed E-state index contributed by atoms with van der Waals surface area (Å²) in [6, 6.07) is 11.8. The van der Waals surface area contributed by atoms with Gasteiger partial charge < -0.3 is 0 Å². The summed E-state index contributed by atoms with van der Waals surface area (Å²) in [7, 11) is 0. The second-order valence-electron chi connectivity index (χ2n) is 7.93. The molecule has 1 saturated carbocycles. The van der Waals surface area contributed by atoms with E-state index in [4.69, 9.17) is 0 Å². The molecule has 2 aromatic carbocycles. The Hall–Kier alpha value is -3.93. The minimum Gasteiger partial charge on any atom is -0.286 e. The van der Waals surface area contributed by atoms with Crippen molar-refractivity contribution in [1.29, 1.82) is 5.26 Å². The summed E-state index contributed by atoms with van der Waals surface area (Å²) in [5.41, 5.74) is -3.13. The van der Waals surface area contributed by atoms with Crippen molar-refractivity contribution in [3.8, 4) is 11.8 Å². The van der Waals surface area contributed by atoms with Crippen molar-refractivity contribution < 1.29 is 13.2 Å². The van der Waals surface area contributed by atoms with Crippen LogP contribution in [0.25, 0.3) is 27.4 Å². The molecule has 0 spiro atoms. The van der Waals surface area contributed by atoms with Gasteiger partial charge in [0.1, 0.15) is 0 Å². The van der Waals surface area contributed by atoms with E-state index < -0.39 is 28.5 Å². The monoisotopic (exact) mass is 436 g/mol. The SMILES string of the molecule is N#CCC1(n2c(=O)n(-c3cncc4ccccc34)c(=O)c3cc(C(F)(F)F)ccc32)CC1. The molecule has 0 radical (unpaired) electrons. The molecule has 1 fully saturated rings. The van der Waals surface area contributed by atoms with Gasteiger partial charge in [0.2, 0.25) is 0 Å². The Balaban J connectivity index is 1.95. The fourth-order valence-electron chi connectivity index (χ4n) is 4.21. The van der Waals surface area contributed by atoms with Crippen molar-refractivity contribution in [1.82, 2.24) is 14.1 Å². The molecule has 1 aliphatic carbocycles. The number of pyridine rings is 1. The first-order chi connectivity index (χ1) is 15.3. The molecular weight excluding hydrogens is 421 g/mol. The van der Waals surface area contributed by atoms with Gasteiger partial charge in [-0.25, -0.2) is 9.36 Å². The van der Waals surface area contributed by atoms with E-state index in [-0.39, 0.29) is 23.0 Å². The van der Waals surface area contributed by atoms with Crippen LogP contribution in [0.5, 0.6) is 0 Å². The van der Waals surface area contributed by atoms with E-state index in [9.17, 15) is 28.0 Å². The molecule has 4 aromatic rings. The van der Waals surface area contributed by atoms with Crippen molar-refractivity contribution >= 4 is 21.7 Å². The van der Waals surface area contributed by atoms with Crippen LogP contribution in [0.3, 0.4) is 0 Å². The van der Waals surface area contributed by atoms with Crippen LogP contribution in [-0.4, -0.2) is 14.1 Å². The van der Waals surface area contributed by atoms with E-state index in [1.807, 2.05) is 0 Å². The number of halogens is 3. The van der Waals surface area contributed by atoms with E-state index in [1.165, 1.54) is 10.8 Å². The van der Waals surface area contributed by atoms with Crippen LogP contribution < -0.4 is 11.2 Å². The molecule has 0 N–H and O–H groups in total. The van der Waals surface area contributed by atoms with Gasteiger partial charge in [0.25, 0.3) is 5.56 Å². The van der Waals surface area contributed by atoms with Gasteiger partial charge in [0, 0.05) is 17.0 Å². The summed E-state index contributed by atoms with van der Waals surface area (Å²) in [4.78, 5) is 31.2. The molecule has 0 saturated heterocycles. The van der Waals surface area contributed by atoms with Crippen LogP contribution in [0.15, 0.2) is 64.4 Å². The Bertz CT molecular complexity index is 1550. The zero-order chi connectivity index (χ0) is 22.7. The van der Waals surface area contributed by atoms with Crippen molar-refractivity contribution in [2.75, 3.05) is 0 Å². The molecular formula is C23H15F3N4O2. The third kappa shape index (κ3) is 2.91. The standard InChI is InChI=1S/C23H15F3N4O2/c24-23(25,26)15-5-6-18-17(11-15)20(31)29(21(32)30(18)22(7-8-22)9-10-27)19-13-28-12-14-3-1-2-4-16(14)19/h1-6,11-13H,7-9H2. The molecule has 0 aliphatic heterocycles. The molecule has 2 heterocycles. The minimum atomic E-state index is -4.66. The van der Waals surface area contributed by atoms with Crippen molar-refractivity contribution in [3.05, 3.63) is 81.3 Å². The van der Waals surface area contributed by atoms with E-state index in [0.29, 0.717) is 23.6 Å². The van der Waals surface area contributed by atoms with Crippen LogP contribution in [0.4, 0.5) is 13.2 Å². The number of fused-ring (bicyclic) bond motifs is 2. The average Bonchev–Trinajstić information content (AvgIpc) is 3.53. The predicted molar refractivity (Wildman–Crippen MR) is 112 cm³/mol. The molecule has 1 aliphatic rings. The van der Waals surface area contributed by atoms with Gasteiger partial charge in [-0.15, -0.1) is 0 Å². The second kappa shape index (κ2) is 6.79. The van der Waals surface area contributed by atoms with E-state index in [0.717, 1.165) is 22.8 Å². The molecule has 160 valence electrons. The third-order valence-corrected chi connectivity index (χ3v) is 5.98. The van der Waals surface area contributed by atoms with Crippen LogP contribution in [-0.2, 0) is 11.7 Å². The molecule has 6 nitrogen and oxygen atoms in total. The maximum atomic E-state index is 13.7.